The van der Waals surface area contributed by atoms with E-state index in [9.17, 15) is 24.3 Å². The third kappa shape index (κ3) is 9.45. The fraction of sp³-hybridized carbons (Fsp3) is 0.765. The van der Waals surface area contributed by atoms with Gasteiger partial charge in [-0.05, 0) is 19.8 Å². The Balaban J connectivity index is 2.86. The molecule has 0 spiro atoms. The second kappa shape index (κ2) is 11.6. The Labute approximate surface area is 158 Å². The van der Waals surface area contributed by atoms with E-state index in [4.69, 9.17) is 10.2 Å². The summed E-state index contributed by atoms with van der Waals surface area (Å²) < 4.78 is 0. The molecule has 0 aliphatic carbocycles. The number of carboxylic acids is 3. The molecule has 154 valence electrons. The fourth-order valence-electron chi connectivity index (χ4n) is 3.18. The lowest BCUT2D eigenvalue weighted by atomic mass is 10.1. The van der Waals surface area contributed by atoms with Crippen molar-refractivity contribution in [1.82, 2.24) is 14.7 Å². The highest BCUT2D eigenvalue weighted by Gasteiger charge is 2.28. The number of hydrogen-bond donors (Lipinski definition) is 3. The van der Waals surface area contributed by atoms with Crippen LogP contribution in [0.3, 0.4) is 0 Å². The summed E-state index contributed by atoms with van der Waals surface area (Å²) in [5.41, 5.74) is 0. The van der Waals surface area contributed by atoms with Gasteiger partial charge in [-0.15, -0.1) is 0 Å². The van der Waals surface area contributed by atoms with E-state index >= 15 is 0 Å². The Morgan fingerprint density at radius 2 is 1.26 bits per heavy atom. The summed E-state index contributed by atoms with van der Waals surface area (Å²) in [7, 11) is 0. The van der Waals surface area contributed by atoms with Crippen LogP contribution in [0.2, 0.25) is 0 Å². The molecular formula is C17H29N3O7. The molecule has 27 heavy (non-hydrogen) atoms. The largest absolute Gasteiger partial charge is 0.480 e. The molecule has 1 fully saturated rings. The SMILES string of the molecule is CC(=O)CCCC(C(=O)O)N1CCN(CC(=O)O)CCN(CC(=O)O)CC1. The first-order chi connectivity index (χ1) is 12.7. The lowest BCUT2D eigenvalue weighted by Crippen LogP contribution is -2.47. The molecule has 3 N–H and O–H groups in total. The first-order valence-electron chi connectivity index (χ1n) is 9.03. The van der Waals surface area contributed by atoms with Gasteiger partial charge in [0.15, 0.2) is 0 Å². The second-order valence-electron chi connectivity index (χ2n) is 6.82. The van der Waals surface area contributed by atoms with E-state index in [0.717, 1.165) is 0 Å². The van der Waals surface area contributed by atoms with Gasteiger partial charge in [0.1, 0.15) is 11.8 Å². The van der Waals surface area contributed by atoms with Gasteiger partial charge >= 0.3 is 17.9 Å². The zero-order valence-corrected chi connectivity index (χ0v) is 15.7. The Morgan fingerprint density at radius 3 is 1.63 bits per heavy atom. The quantitative estimate of drug-likeness (QED) is 0.440. The minimum Gasteiger partial charge on any atom is -0.480 e. The topological polar surface area (TPSA) is 139 Å². The highest BCUT2D eigenvalue weighted by atomic mass is 16.4. The number of aliphatic carboxylic acids is 3. The summed E-state index contributed by atoms with van der Waals surface area (Å²) in [6, 6.07) is -0.791. The van der Waals surface area contributed by atoms with Crippen molar-refractivity contribution in [2.24, 2.45) is 0 Å². The van der Waals surface area contributed by atoms with Gasteiger partial charge in [-0.3, -0.25) is 29.1 Å². The highest BCUT2D eigenvalue weighted by Crippen LogP contribution is 2.12. The van der Waals surface area contributed by atoms with Crippen molar-refractivity contribution in [3.63, 3.8) is 0 Å². The Bertz CT molecular complexity index is 513. The zero-order chi connectivity index (χ0) is 20.4. The molecule has 0 saturated carbocycles. The third-order valence-electron chi connectivity index (χ3n) is 4.59. The van der Waals surface area contributed by atoms with Crippen LogP contribution in [-0.4, -0.2) is 112 Å². The smallest absolute Gasteiger partial charge is 0.320 e. The normalized spacial score (nSPS) is 18.9. The molecule has 1 aliphatic rings. The van der Waals surface area contributed by atoms with Gasteiger partial charge in [0.2, 0.25) is 0 Å². The van der Waals surface area contributed by atoms with Crippen molar-refractivity contribution in [2.75, 3.05) is 52.4 Å². The Kier molecular flexibility index (Phi) is 9.90. The van der Waals surface area contributed by atoms with Gasteiger partial charge in [-0.1, -0.05) is 0 Å². The average molecular weight is 387 g/mol. The van der Waals surface area contributed by atoms with Crippen molar-refractivity contribution in [3.05, 3.63) is 0 Å². The Morgan fingerprint density at radius 1 is 0.815 bits per heavy atom. The fourth-order valence-corrected chi connectivity index (χ4v) is 3.18. The molecule has 1 atom stereocenters. The molecule has 0 radical (unpaired) electrons. The van der Waals surface area contributed by atoms with Crippen LogP contribution in [0.25, 0.3) is 0 Å². The van der Waals surface area contributed by atoms with Gasteiger partial charge in [0, 0.05) is 45.7 Å². The lowest BCUT2D eigenvalue weighted by Gasteiger charge is -2.30. The van der Waals surface area contributed by atoms with E-state index in [1.165, 1.54) is 6.92 Å². The van der Waals surface area contributed by atoms with Crippen LogP contribution < -0.4 is 0 Å². The van der Waals surface area contributed by atoms with E-state index in [0.29, 0.717) is 58.5 Å². The van der Waals surface area contributed by atoms with Crippen LogP contribution in [0, 0.1) is 0 Å². The van der Waals surface area contributed by atoms with Crippen LogP contribution in [0.15, 0.2) is 0 Å². The second-order valence-corrected chi connectivity index (χ2v) is 6.82. The molecule has 1 saturated heterocycles. The lowest BCUT2D eigenvalue weighted by molar-refractivity contribution is -0.144. The number of ketones is 1. The molecule has 0 bridgehead atoms. The van der Waals surface area contributed by atoms with Crippen molar-refractivity contribution in [1.29, 1.82) is 0 Å². The number of hydrogen-bond acceptors (Lipinski definition) is 7. The van der Waals surface area contributed by atoms with E-state index in [-0.39, 0.29) is 18.9 Å². The number of nitrogens with zero attached hydrogens (tertiary/aromatic N) is 3. The van der Waals surface area contributed by atoms with E-state index in [1.54, 1.807) is 14.7 Å². The van der Waals surface area contributed by atoms with Crippen LogP contribution in [0.5, 0.6) is 0 Å². The van der Waals surface area contributed by atoms with Crippen LogP contribution >= 0.6 is 0 Å². The van der Waals surface area contributed by atoms with Crippen LogP contribution in [-0.2, 0) is 19.2 Å². The van der Waals surface area contributed by atoms with Crippen molar-refractivity contribution in [2.45, 2.75) is 32.2 Å². The summed E-state index contributed by atoms with van der Waals surface area (Å²) in [5.74, 6) is -2.96. The summed E-state index contributed by atoms with van der Waals surface area (Å²) in [5, 5.41) is 27.7. The molecular weight excluding hydrogens is 358 g/mol. The molecule has 0 aromatic rings. The molecule has 0 amide bonds. The van der Waals surface area contributed by atoms with Gasteiger partial charge in [-0.2, -0.15) is 0 Å². The molecule has 0 aromatic carbocycles. The molecule has 10 heteroatoms. The number of carbonyl (C=O) groups is 4. The predicted molar refractivity (Wildman–Crippen MR) is 95.7 cm³/mol. The zero-order valence-electron chi connectivity index (χ0n) is 15.7. The standard InChI is InChI=1S/C17H29N3O7/c1-13(21)3-2-4-14(17(26)27)20-9-7-18(11-15(22)23)5-6-19(8-10-20)12-16(24)25/h14H,2-12H2,1H3,(H,22,23)(H,24,25)(H,26,27). The minimum absolute atomic E-state index is 0.00359. The van der Waals surface area contributed by atoms with Gasteiger partial charge in [-0.25, -0.2) is 0 Å². The monoisotopic (exact) mass is 387 g/mol. The van der Waals surface area contributed by atoms with Crippen LogP contribution in [0.4, 0.5) is 0 Å². The molecule has 1 aliphatic heterocycles. The number of Topliss-reactive ketones (excluding diaryl/α,β-unsaturated/α-hetero) is 1. The Hall–Kier alpha value is -2.04. The number of rotatable bonds is 10. The summed E-state index contributed by atoms with van der Waals surface area (Å²) in [6.45, 7) is 3.38. The van der Waals surface area contributed by atoms with E-state index < -0.39 is 23.9 Å². The molecule has 10 nitrogen and oxygen atoms in total. The molecule has 1 rings (SSSR count). The van der Waals surface area contributed by atoms with Crippen molar-refractivity contribution >= 4 is 23.7 Å². The van der Waals surface area contributed by atoms with Crippen molar-refractivity contribution < 1.29 is 34.5 Å². The maximum Gasteiger partial charge on any atom is 0.320 e. The summed E-state index contributed by atoms with van der Waals surface area (Å²) in [4.78, 5) is 50.1. The highest BCUT2D eigenvalue weighted by molar-refractivity contribution is 5.76. The summed E-state index contributed by atoms with van der Waals surface area (Å²) >= 11 is 0. The number of carboxylic acid groups (broad SMARTS) is 3. The molecule has 1 unspecified atom stereocenters. The first-order valence-corrected chi connectivity index (χ1v) is 9.03. The minimum atomic E-state index is -0.993. The summed E-state index contributed by atoms with van der Waals surface area (Å²) in [6.07, 6.45) is 1.08. The van der Waals surface area contributed by atoms with E-state index in [2.05, 4.69) is 0 Å². The van der Waals surface area contributed by atoms with Gasteiger partial charge < -0.3 is 20.1 Å². The molecule has 1 heterocycles. The third-order valence-corrected chi connectivity index (χ3v) is 4.59. The van der Waals surface area contributed by atoms with E-state index in [1.807, 2.05) is 0 Å². The van der Waals surface area contributed by atoms with Crippen LogP contribution in [0.1, 0.15) is 26.2 Å². The van der Waals surface area contributed by atoms with Crippen molar-refractivity contribution in [3.8, 4) is 0 Å². The number of carbonyl (C=O) groups excluding carboxylic acids is 1. The average Bonchev–Trinajstić information content (AvgIpc) is 2.62. The predicted octanol–water partition coefficient (Wildman–Crippen LogP) is -0.712. The maximum absolute atomic E-state index is 11.7. The van der Waals surface area contributed by atoms with Gasteiger partial charge in [0.05, 0.1) is 13.1 Å². The maximum atomic E-state index is 11.7. The first kappa shape index (κ1) is 23.0. The van der Waals surface area contributed by atoms with Gasteiger partial charge in [0.25, 0.3) is 0 Å². The molecule has 0 aromatic heterocycles.